The number of nitrogens with one attached hydrogen (secondary N) is 2. The van der Waals surface area contributed by atoms with Gasteiger partial charge in [0.1, 0.15) is 0 Å². The van der Waals surface area contributed by atoms with Gasteiger partial charge in [-0.15, -0.1) is 0 Å². The number of nitrogens with zero attached hydrogens (tertiary/aromatic N) is 4. The van der Waals surface area contributed by atoms with Crippen LogP contribution in [-0.2, 0) is 18.3 Å². The zero-order valence-corrected chi connectivity index (χ0v) is 25.7. The van der Waals surface area contributed by atoms with Crippen LogP contribution in [-0.4, -0.2) is 71.5 Å². The Morgan fingerprint density at radius 3 is 2.44 bits per heavy atom. The Morgan fingerprint density at radius 2 is 1.83 bits per heavy atom. The van der Waals surface area contributed by atoms with E-state index in [2.05, 4.69) is 45.2 Å². The van der Waals surface area contributed by atoms with Gasteiger partial charge in [0.25, 0.3) is 11.5 Å². The van der Waals surface area contributed by atoms with Crippen LogP contribution >= 0.6 is 0 Å². The number of benzene rings is 1. The second-order valence-corrected chi connectivity index (χ2v) is 11.4. The summed E-state index contributed by atoms with van der Waals surface area (Å²) < 4.78 is 7.06. The first kappa shape index (κ1) is 30.5. The highest BCUT2D eigenvalue weighted by Crippen LogP contribution is 2.35. The minimum absolute atomic E-state index is 0.162. The van der Waals surface area contributed by atoms with Gasteiger partial charge in [-0.25, -0.2) is 0 Å². The van der Waals surface area contributed by atoms with Crippen LogP contribution in [0, 0.1) is 20.8 Å². The molecule has 9 nitrogen and oxygen atoms in total. The van der Waals surface area contributed by atoms with Crippen molar-refractivity contribution < 1.29 is 9.53 Å². The second-order valence-electron chi connectivity index (χ2n) is 11.4. The van der Waals surface area contributed by atoms with Gasteiger partial charge in [-0.2, -0.15) is 5.10 Å². The maximum atomic E-state index is 13.7. The molecule has 0 atom stereocenters. The predicted octanol–water partition coefficient (Wildman–Crippen LogP) is 4.35. The van der Waals surface area contributed by atoms with E-state index >= 15 is 0 Å². The lowest BCUT2D eigenvalue weighted by Gasteiger charge is -2.41. The molecule has 9 heteroatoms. The van der Waals surface area contributed by atoms with Crippen molar-refractivity contribution >= 4 is 11.6 Å². The van der Waals surface area contributed by atoms with Crippen LogP contribution in [0.2, 0.25) is 0 Å². The lowest BCUT2D eigenvalue weighted by atomic mass is 9.88. The number of hydrogen-bond acceptors (Lipinski definition) is 6. The molecule has 3 aromatic rings. The summed E-state index contributed by atoms with van der Waals surface area (Å²) in [6, 6.07) is 7.06. The van der Waals surface area contributed by atoms with Gasteiger partial charge >= 0.3 is 0 Å². The molecule has 0 aliphatic heterocycles. The third-order valence-electron chi connectivity index (χ3n) is 8.61. The molecule has 1 fully saturated rings. The number of aryl methyl sites for hydroxylation is 3. The van der Waals surface area contributed by atoms with Crippen molar-refractivity contribution in [3.05, 3.63) is 68.9 Å². The standard InChI is InChI=1S/C32H46N6O3/c1-8-38(27-11-9-26(10-12-27)36(5)13-14-41-7)30-17-24(25-18-34-37(6)20-25)16-28(23(30)4)31(39)33-19-29-21(2)15-22(3)35-32(29)40/h15-18,20,26-27H,8-14,19H2,1-7H3,(H,33,39)(H,35,40)/t26-,27-. The average molecular weight is 563 g/mol. The fourth-order valence-corrected chi connectivity index (χ4v) is 6.19. The molecule has 0 radical (unpaired) electrons. The Labute approximate surface area is 243 Å². The average Bonchev–Trinajstić information content (AvgIpc) is 3.38. The second kappa shape index (κ2) is 13.5. The van der Waals surface area contributed by atoms with E-state index in [0.29, 0.717) is 23.2 Å². The molecule has 41 heavy (non-hydrogen) atoms. The van der Waals surface area contributed by atoms with Crippen molar-refractivity contribution in [1.29, 1.82) is 0 Å². The van der Waals surface area contributed by atoms with Gasteiger partial charge in [0, 0.05) is 80.1 Å². The van der Waals surface area contributed by atoms with E-state index in [-0.39, 0.29) is 18.0 Å². The number of rotatable bonds is 11. The van der Waals surface area contributed by atoms with Crippen molar-refractivity contribution in [2.75, 3.05) is 38.8 Å². The fourth-order valence-electron chi connectivity index (χ4n) is 6.19. The number of carbonyl (C=O) groups is 1. The van der Waals surface area contributed by atoms with Gasteiger partial charge in [0.05, 0.1) is 12.8 Å². The van der Waals surface area contributed by atoms with E-state index in [1.807, 2.05) is 52.3 Å². The van der Waals surface area contributed by atoms with Crippen LogP contribution in [0.5, 0.6) is 0 Å². The van der Waals surface area contributed by atoms with Crippen LogP contribution in [0.3, 0.4) is 0 Å². The molecule has 0 spiro atoms. The number of methoxy groups -OCH3 is 1. The Hall–Kier alpha value is -3.43. The zero-order valence-electron chi connectivity index (χ0n) is 25.7. The summed E-state index contributed by atoms with van der Waals surface area (Å²) >= 11 is 0. The Bertz CT molecular complexity index is 1400. The van der Waals surface area contributed by atoms with E-state index in [0.717, 1.165) is 79.0 Å². The van der Waals surface area contributed by atoms with E-state index in [1.165, 1.54) is 0 Å². The molecule has 2 aromatic heterocycles. The van der Waals surface area contributed by atoms with Crippen molar-refractivity contribution in [2.45, 2.75) is 72.0 Å². The van der Waals surface area contributed by atoms with Gasteiger partial charge in [0.15, 0.2) is 0 Å². The van der Waals surface area contributed by atoms with Gasteiger partial charge in [-0.05, 0) is 95.3 Å². The number of hydrogen-bond donors (Lipinski definition) is 2. The molecule has 0 unspecified atom stereocenters. The summed E-state index contributed by atoms with van der Waals surface area (Å²) in [5, 5.41) is 7.40. The Balaban J connectivity index is 1.62. The Kier molecular flexibility index (Phi) is 10.0. The predicted molar refractivity (Wildman–Crippen MR) is 165 cm³/mol. The SMILES string of the molecule is CCN(c1cc(-c2cnn(C)c2)cc(C(=O)NCc2c(C)cc(C)[nH]c2=O)c1C)[C@H]1CC[C@H](N(C)CCOC)CC1. The quantitative estimate of drug-likeness (QED) is 0.361. The van der Waals surface area contributed by atoms with Gasteiger partial charge < -0.3 is 24.8 Å². The number of likely N-dealkylation sites (N-methyl/N-ethyl adjacent to an activating group) is 1. The normalized spacial score (nSPS) is 17.2. The van der Waals surface area contributed by atoms with Crippen molar-refractivity contribution in [2.24, 2.45) is 7.05 Å². The van der Waals surface area contributed by atoms with Gasteiger partial charge in [-0.1, -0.05) is 0 Å². The highest BCUT2D eigenvalue weighted by atomic mass is 16.5. The molecule has 4 rings (SSSR count). The molecule has 222 valence electrons. The highest BCUT2D eigenvalue weighted by Gasteiger charge is 2.29. The van der Waals surface area contributed by atoms with Crippen molar-refractivity contribution in [1.82, 2.24) is 25.0 Å². The van der Waals surface area contributed by atoms with E-state index in [9.17, 15) is 9.59 Å². The molecule has 0 saturated heterocycles. The van der Waals surface area contributed by atoms with E-state index in [1.54, 1.807) is 11.8 Å². The van der Waals surface area contributed by atoms with Crippen LogP contribution in [0.4, 0.5) is 5.69 Å². The summed E-state index contributed by atoms with van der Waals surface area (Å²) in [5.74, 6) is -0.187. The molecule has 1 amide bonds. The summed E-state index contributed by atoms with van der Waals surface area (Å²) in [4.78, 5) is 34.0. The molecular weight excluding hydrogens is 516 g/mol. The molecule has 2 N–H and O–H groups in total. The molecule has 1 saturated carbocycles. The summed E-state index contributed by atoms with van der Waals surface area (Å²) in [6.45, 7) is 10.7. The maximum Gasteiger partial charge on any atom is 0.253 e. The lowest BCUT2D eigenvalue weighted by molar-refractivity contribution is 0.0950. The molecular formula is C32H46N6O3. The molecule has 1 aromatic carbocycles. The number of H-pyrrole nitrogens is 1. The van der Waals surface area contributed by atoms with Crippen LogP contribution in [0.25, 0.3) is 11.1 Å². The molecule has 1 aliphatic carbocycles. The number of amides is 1. The van der Waals surface area contributed by atoms with Crippen LogP contribution < -0.4 is 15.8 Å². The van der Waals surface area contributed by atoms with Crippen molar-refractivity contribution in [3.63, 3.8) is 0 Å². The Morgan fingerprint density at radius 1 is 1.12 bits per heavy atom. The summed E-state index contributed by atoms with van der Waals surface area (Å²) in [7, 11) is 5.84. The number of anilines is 1. The molecule has 2 heterocycles. The van der Waals surface area contributed by atoms with Crippen LogP contribution in [0.1, 0.15) is 65.3 Å². The van der Waals surface area contributed by atoms with Gasteiger partial charge in [0.2, 0.25) is 0 Å². The fraction of sp³-hybridized carbons (Fsp3) is 0.531. The van der Waals surface area contributed by atoms with E-state index in [4.69, 9.17) is 4.74 Å². The zero-order chi connectivity index (χ0) is 29.7. The first-order valence-corrected chi connectivity index (χ1v) is 14.7. The van der Waals surface area contributed by atoms with E-state index < -0.39 is 0 Å². The lowest BCUT2D eigenvalue weighted by Crippen LogP contribution is -2.44. The first-order chi connectivity index (χ1) is 19.6. The number of aromatic amines is 1. The number of carbonyl (C=O) groups excluding carboxylic acids is 1. The summed E-state index contributed by atoms with van der Waals surface area (Å²) in [6.07, 6.45) is 8.29. The third-order valence-corrected chi connectivity index (χ3v) is 8.61. The first-order valence-electron chi connectivity index (χ1n) is 14.7. The van der Waals surface area contributed by atoms with Crippen LogP contribution in [0.15, 0.2) is 35.4 Å². The number of aromatic nitrogens is 3. The minimum Gasteiger partial charge on any atom is -0.383 e. The third kappa shape index (κ3) is 7.08. The van der Waals surface area contributed by atoms with Gasteiger partial charge in [-0.3, -0.25) is 14.3 Å². The largest absolute Gasteiger partial charge is 0.383 e. The highest BCUT2D eigenvalue weighted by molar-refractivity contribution is 5.98. The maximum absolute atomic E-state index is 13.7. The monoisotopic (exact) mass is 562 g/mol. The molecule has 0 bridgehead atoms. The van der Waals surface area contributed by atoms with Crippen molar-refractivity contribution in [3.8, 4) is 11.1 Å². The summed E-state index contributed by atoms with van der Waals surface area (Å²) in [5.41, 5.74) is 6.67. The minimum atomic E-state index is -0.187. The smallest absolute Gasteiger partial charge is 0.253 e. The number of ether oxygens (including phenoxy) is 1. The topological polar surface area (TPSA) is 95.5 Å². The molecule has 1 aliphatic rings. The number of pyridine rings is 1.